The van der Waals surface area contributed by atoms with Crippen molar-refractivity contribution in [1.82, 2.24) is 0 Å². The summed E-state index contributed by atoms with van der Waals surface area (Å²) in [5.74, 6) is -6.41. The number of Topliss-reactive ketones (excluding diaryl/α,β-unsaturated/α-hetero) is 1. The first kappa shape index (κ1) is 32.2. The smallest absolute Gasteiger partial charge is 0.294 e. The molecule has 0 radical (unpaired) electrons. The SMILES string of the molecule is C[C@@H](CC(=O)c1ccc(/C=C/C(c2cc(Cl)cc(Cl)c2)C(F)(F)F)cc1C(F)(F)F)CS(=O)CC(F)(F)F. The molecule has 0 spiro atoms. The Morgan fingerprint density at radius 2 is 1.53 bits per heavy atom. The highest BCUT2D eigenvalue weighted by Gasteiger charge is 2.40. The summed E-state index contributed by atoms with van der Waals surface area (Å²) in [6.45, 7) is 1.27. The van der Waals surface area contributed by atoms with Crippen LogP contribution in [0.1, 0.15) is 46.3 Å². The minimum Gasteiger partial charge on any atom is -0.294 e. The normalized spacial score (nSPS) is 15.5. The molecule has 0 aromatic heterocycles. The molecule has 2 rings (SSSR count). The number of benzene rings is 2. The van der Waals surface area contributed by atoms with Gasteiger partial charge in [-0.3, -0.25) is 9.00 Å². The molecule has 0 fully saturated rings. The lowest BCUT2D eigenvalue weighted by molar-refractivity contribution is -0.139. The Bertz CT molecular complexity index is 1180. The van der Waals surface area contributed by atoms with E-state index in [1.54, 1.807) is 0 Å². The summed E-state index contributed by atoms with van der Waals surface area (Å²) in [6, 6.07) is 5.52. The molecule has 0 aliphatic heterocycles. The third-order valence-corrected chi connectivity index (χ3v) is 7.08. The lowest BCUT2D eigenvalue weighted by atomic mass is 9.93. The molecular weight excluding hydrogens is 594 g/mol. The van der Waals surface area contributed by atoms with Crippen molar-refractivity contribution in [2.45, 2.75) is 37.8 Å². The van der Waals surface area contributed by atoms with Gasteiger partial charge in [0.05, 0.1) is 11.5 Å². The van der Waals surface area contributed by atoms with Gasteiger partial charge in [-0.2, -0.15) is 39.5 Å². The van der Waals surface area contributed by atoms with Gasteiger partial charge in [0.2, 0.25) is 0 Å². The van der Waals surface area contributed by atoms with Crippen molar-refractivity contribution in [3.05, 3.63) is 74.8 Å². The van der Waals surface area contributed by atoms with E-state index < -0.39 is 76.0 Å². The number of hydrogen-bond acceptors (Lipinski definition) is 2. The van der Waals surface area contributed by atoms with Crippen LogP contribution >= 0.6 is 23.2 Å². The Kier molecular flexibility index (Phi) is 10.5. The maximum atomic E-state index is 13.7. The molecule has 2 nitrogen and oxygen atoms in total. The van der Waals surface area contributed by atoms with E-state index in [0.29, 0.717) is 12.1 Å². The van der Waals surface area contributed by atoms with E-state index in [9.17, 15) is 48.5 Å². The molecule has 2 aromatic carbocycles. The second-order valence-corrected chi connectivity index (χ2v) is 10.9. The summed E-state index contributed by atoms with van der Waals surface area (Å²) < 4.78 is 131. The van der Waals surface area contributed by atoms with Gasteiger partial charge in [0.25, 0.3) is 0 Å². The fourth-order valence-corrected chi connectivity index (χ4v) is 5.34. The van der Waals surface area contributed by atoms with Gasteiger partial charge in [-0.05, 0) is 41.3 Å². The molecule has 3 atom stereocenters. The fraction of sp³-hybridized carbons (Fsp3) is 0.375. The molecule has 0 heterocycles. The van der Waals surface area contributed by atoms with E-state index in [2.05, 4.69) is 0 Å². The van der Waals surface area contributed by atoms with E-state index in [4.69, 9.17) is 23.2 Å². The second kappa shape index (κ2) is 12.4. The Labute approximate surface area is 224 Å². The number of rotatable bonds is 9. The van der Waals surface area contributed by atoms with Crippen molar-refractivity contribution in [2.75, 3.05) is 11.5 Å². The average Bonchev–Trinajstić information content (AvgIpc) is 2.69. The van der Waals surface area contributed by atoms with Crippen LogP contribution in [-0.4, -0.2) is 33.9 Å². The van der Waals surface area contributed by atoms with Crippen LogP contribution in [-0.2, 0) is 17.0 Å². The summed E-state index contributed by atoms with van der Waals surface area (Å²) in [4.78, 5) is 12.5. The van der Waals surface area contributed by atoms with Gasteiger partial charge in [0, 0.05) is 38.6 Å². The third-order valence-electron chi connectivity index (χ3n) is 5.06. The molecule has 2 aromatic rings. The van der Waals surface area contributed by atoms with Crippen LogP contribution in [0.4, 0.5) is 39.5 Å². The zero-order valence-electron chi connectivity index (χ0n) is 19.3. The largest absolute Gasteiger partial charge is 0.417 e. The summed E-state index contributed by atoms with van der Waals surface area (Å²) >= 11 is 11.5. The van der Waals surface area contributed by atoms with Crippen molar-refractivity contribution in [2.24, 2.45) is 5.92 Å². The predicted octanol–water partition coefficient (Wildman–Crippen LogP) is 8.89. The first-order valence-electron chi connectivity index (χ1n) is 10.6. The molecule has 38 heavy (non-hydrogen) atoms. The molecule has 0 aliphatic carbocycles. The van der Waals surface area contributed by atoms with Crippen LogP contribution in [0.25, 0.3) is 6.08 Å². The lowest BCUT2D eigenvalue weighted by Gasteiger charge is -2.18. The van der Waals surface area contributed by atoms with E-state index >= 15 is 0 Å². The zero-order chi connectivity index (χ0) is 29.1. The number of carbonyl (C=O) groups excluding carboxylic acids is 1. The first-order chi connectivity index (χ1) is 17.3. The van der Waals surface area contributed by atoms with Gasteiger partial charge in [-0.1, -0.05) is 54.4 Å². The van der Waals surface area contributed by atoms with Crippen LogP contribution in [0, 0.1) is 5.92 Å². The van der Waals surface area contributed by atoms with Gasteiger partial charge in [0.15, 0.2) is 5.78 Å². The second-order valence-electron chi connectivity index (χ2n) is 8.48. The van der Waals surface area contributed by atoms with Gasteiger partial charge in [-0.15, -0.1) is 0 Å². The Morgan fingerprint density at radius 3 is 2.03 bits per heavy atom. The highest BCUT2D eigenvalue weighted by molar-refractivity contribution is 7.85. The summed E-state index contributed by atoms with van der Waals surface area (Å²) in [7, 11) is -2.37. The molecule has 0 bridgehead atoms. The van der Waals surface area contributed by atoms with E-state index in [1.807, 2.05) is 0 Å². The van der Waals surface area contributed by atoms with Crippen molar-refractivity contribution in [3.63, 3.8) is 0 Å². The maximum absolute atomic E-state index is 13.7. The fourth-order valence-electron chi connectivity index (χ4n) is 3.56. The minimum absolute atomic E-state index is 0.0751. The van der Waals surface area contributed by atoms with E-state index in [-0.39, 0.29) is 21.2 Å². The van der Waals surface area contributed by atoms with Crippen LogP contribution in [0.2, 0.25) is 10.0 Å². The standard InChI is InChI=1S/C24H19Cl2F9O2S/c1-13(11-38(37)12-22(27,28)29)6-21(36)18-4-2-14(7-20(18)24(33,34)35)3-5-19(23(30,31)32)15-8-16(25)10-17(26)9-15/h2-5,7-10,13,19H,6,11-12H2,1H3/b5-3+/t13-,19?,38?/m0/s1. The van der Waals surface area contributed by atoms with Crippen molar-refractivity contribution < 1.29 is 48.5 Å². The number of alkyl halides is 9. The van der Waals surface area contributed by atoms with Crippen LogP contribution in [0.5, 0.6) is 0 Å². The molecule has 0 saturated heterocycles. The van der Waals surface area contributed by atoms with Gasteiger partial charge in [0.1, 0.15) is 5.75 Å². The van der Waals surface area contributed by atoms with Crippen molar-refractivity contribution in [3.8, 4) is 0 Å². The summed E-state index contributed by atoms with van der Waals surface area (Å²) in [6.07, 6.45) is -13.8. The van der Waals surface area contributed by atoms with Crippen molar-refractivity contribution >= 4 is 45.9 Å². The zero-order valence-corrected chi connectivity index (χ0v) is 21.6. The summed E-state index contributed by atoms with van der Waals surface area (Å²) in [5, 5.41) is -0.150. The van der Waals surface area contributed by atoms with Crippen LogP contribution < -0.4 is 0 Å². The van der Waals surface area contributed by atoms with Gasteiger partial charge in [-0.25, -0.2) is 0 Å². The number of ketones is 1. The van der Waals surface area contributed by atoms with E-state index in [0.717, 1.165) is 30.3 Å². The maximum Gasteiger partial charge on any atom is 0.417 e. The topological polar surface area (TPSA) is 34.1 Å². The monoisotopic (exact) mass is 612 g/mol. The number of hydrogen-bond donors (Lipinski definition) is 0. The summed E-state index contributed by atoms with van der Waals surface area (Å²) in [5.41, 5.74) is -2.87. The quantitative estimate of drug-likeness (QED) is 0.209. The lowest BCUT2D eigenvalue weighted by Crippen LogP contribution is -2.24. The van der Waals surface area contributed by atoms with Crippen molar-refractivity contribution in [1.29, 1.82) is 0 Å². The molecule has 0 aliphatic rings. The first-order valence-corrected chi connectivity index (χ1v) is 12.9. The molecule has 0 saturated carbocycles. The highest BCUT2D eigenvalue weighted by Crippen LogP contribution is 2.39. The number of carbonyl (C=O) groups is 1. The molecule has 14 heteroatoms. The molecule has 210 valence electrons. The average molecular weight is 613 g/mol. The number of allylic oxidation sites excluding steroid dienone is 1. The predicted molar refractivity (Wildman–Crippen MR) is 128 cm³/mol. The van der Waals surface area contributed by atoms with E-state index in [1.165, 1.54) is 13.0 Å². The highest BCUT2D eigenvalue weighted by atomic mass is 35.5. The Morgan fingerprint density at radius 1 is 0.947 bits per heavy atom. The van der Waals surface area contributed by atoms with Crippen LogP contribution in [0.15, 0.2) is 42.5 Å². The van der Waals surface area contributed by atoms with Gasteiger partial charge >= 0.3 is 18.5 Å². The van der Waals surface area contributed by atoms with Crippen LogP contribution in [0.3, 0.4) is 0 Å². The molecule has 0 N–H and O–H groups in total. The molecule has 0 amide bonds. The van der Waals surface area contributed by atoms with Gasteiger partial charge < -0.3 is 0 Å². The minimum atomic E-state index is -5.07. The Balaban J connectivity index is 2.34. The molecule has 2 unspecified atom stereocenters. The number of halogens is 11. The third kappa shape index (κ3) is 9.92. The molecular formula is C24H19Cl2F9O2S. The Hall–Kier alpha value is -2.05.